The summed E-state index contributed by atoms with van der Waals surface area (Å²) < 4.78 is 0. The molecule has 1 saturated heterocycles. The van der Waals surface area contributed by atoms with Crippen molar-refractivity contribution in [2.24, 2.45) is 0 Å². The number of anilines is 1. The highest BCUT2D eigenvalue weighted by Crippen LogP contribution is 2.31. The number of carboxylic acid groups (broad SMARTS) is 1. The molecular formula is C28H40N4O3. The first kappa shape index (κ1) is 26.7. The van der Waals surface area contributed by atoms with Crippen LogP contribution in [0.2, 0.25) is 0 Å². The van der Waals surface area contributed by atoms with Crippen molar-refractivity contribution in [2.75, 3.05) is 51.1 Å². The molecule has 0 saturated carbocycles. The van der Waals surface area contributed by atoms with Crippen LogP contribution in [-0.2, 0) is 0 Å². The van der Waals surface area contributed by atoms with Crippen LogP contribution in [0.1, 0.15) is 67.6 Å². The zero-order valence-electron chi connectivity index (χ0n) is 21.4. The van der Waals surface area contributed by atoms with Gasteiger partial charge in [0.15, 0.2) is 0 Å². The van der Waals surface area contributed by atoms with E-state index in [9.17, 15) is 14.7 Å². The second-order valence-corrected chi connectivity index (χ2v) is 9.14. The molecule has 3 rings (SSSR count). The van der Waals surface area contributed by atoms with Gasteiger partial charge < -0.3 is 14.9 Å². The largest absolute Gasteiger partial charge is 0.465 e. The van der Waals surface area contributed by atoms with Gasteiger partial charge in [0.2, 0.25) is 0 Å². The minimum absolute atomic E-state index is 0.0130. The fraction of sp³-hybridized carbons (Fsp3) is 0.500. The van der Waals surface area contributed by atoms with E-state index < -0.39 is 6.09 Å². The number of piperazine rings is 1. The zero-order chi connectivity index (χ0) is 25.2. The maximum absolute atomic E-state index is 12.8. The molecule has 1 aliphatic rings. The highest BCUT2D eigenvalue weighted by molar-refractivity contribution is 5.94. The molecule has 1 fully saturated rings. The average molecular weight is 481 g/mol. The number of amides is 2. The van der Waals surface area contributed by atoms with Gasteiger partial charge >= 0.3 is 6.09 Å². The summed E-state index contributed by atoms with van der Waals surface area (Å²) in [5.74, 6) is 0.0476. The Morgan fingerprint density at radius 3 is 2.23 bits per heavy atom. The van der Waals surface area contributed by atoms with Gasteiger partial charge in [0.05, 0.1) is 6.04 Å². The molecule has 2 N–H and O–H groups in total. The van der Waals surface area contributed by atoms with Gasteiger partial charge in [0.1, 0.15) is 0 Å². The monoisotopic (exact) mass is 480 g/mol. The SMILES string of the molecule is CCCCCN1CCN([C@@H](c2ccc(C(=O)N(CC)CC)cc2)c2cccc(NC(=O)O)c2)CC1. The first-order valence-corrected chi connectivity index (χ1v) is 12.9. The van der Waals surface area contributed by atoms with E-state index in [-0.39, 0.29) is 11.9 Å². The molecule has 0 unspecified atom stereocenters. The zero-order valence-corrected chi connectivity index (χ0v) is 21.4. The lowest BCUT2D eigenvalue weighted by atomic mass is 9.94. The Bertz CT molecular complexity index is 951. The van der Waals surface area contributed by atoms with Gasteiger partial charge in [0, 0.05) is 50.5 Å². The fourth-order valence-electron chi connectivity index (χ4n) is 4.86. The van der Waals surface area contributed by atoms with E-state index in [0.29, 0.717) is 24.3 Å². The van der Waals surface area contributed by atoms with Crippen LogP contribution in [0.3, 0.4) is 0 Å². The number of hydrogen-bond donors (Lipinski definition) is 2. The van der Waals surface area contributed by atoms with Gasteiger partial charge in [-0.2, -0.15) is 0 Å². The third-order valence-corrected chi connectivity index (χ3v) is 6.83. The second-order valence-electron chi connectivity index (χ2n) is 9.14. The molecule has 1 heterocycles. The Balaban J connectivity index is 1.85. The van der Waals surface area contributed by atoms with Crippen LogP contribution < -0.4 is 5.32 Å². The van der Waals surface area contributed by atoms with E-state index in [4.69, 9.17) is 0 Å². The molecular weight excluding hydrogens is 440 g/mol. The third-order valence-electron chi connectivity index (χ3n) is 6.83. The standard InChI is InChI=1S/C28H40N4O3/c1-4-7-8-16-30-17-19-32(20-18-30)26(24-10-9-11-25(21-24)29-28(34)35)22-12-14-23(15-13-22)27(33)31(5-2)6-3/h9-15,21,26,29H,4-8,16-20H2,1-3H3,(H,34,35)/t26-/m0/s1. The summed E-state index contributed by atoms with van der Waals surface area (Å²) >= 11 is 0. The van der Waals surface area contributed by atoms with E-state index in [1.54, 1.807) is 6.07 Å². The predicted molar refractivity (Wildman–Crippen MR) is 141 cm³/mol. The van der Waals surface area contributed by atoms with E-state index in [0.717, 1.165) is 43.9 Å². The molecule has 1 aliphatic heterocycles. The first-order chi connectivity index (χ1) is 17.0. The van der Waals surface area contributed by atoms with Crippen LogP contribution in [0.4, 0.5) is 10.5 Å². The second kappa shape index (κ2) is 13.3. The molecule has 0 spiro atoms. The first-order valence-electron chi connectivity index (χ1n) is 12.9. The van der Waals surface area contributed by atoms with E-state index in [1.807, 2.05) is 55.1 Å². The summed E-state index contributed by atoms with van der Waals surface area (Å²) in [5.41, 5.74) is 3.40. The number of carbonyl (C=O) groups excluding carboxylic acids is 1. The van der Waals surface area contributed by atoms with E-state index in [2.05, 4.69) is 28.1 Å². The van der Waals surface area contributed by atoms with Gasteiger partial charge in [-0.05, 0) is 62.2 Å². The molecule has 190 valence electrons. The number of hydrogen-bond acceptors (Lipinski definition) is 4. The predicted octanol–water partition coefficient (Wildman–Crippen LogP) is 5.16. The molecule has 1 atom stereocenters. The van der Waals surface area contributed by atoms with Gasteiger partial charge in [0.25, 0.3) is 5.91 Å². The molecule has 0 aliphatic carbocycles. The van der Waals surface area contributed by atoms with Crippen LogP contribution in [-0.4, -0.2) is 77.6 Å². The maximum atomic E-state index is 12.8. The molecule has 2 amide bonds. The third kappa shape index (κ3) is 7.29. The van der Waals surface area contributed by atoms with Crippen LogP contribution in [0.5, 0.6) is 0 Å². The van der Waals surface area contributed by atoms with Crippen LogP contribution >= 0.6 is 0 Å². The lowest BCUT2D eigenvalue weighted by molar-refractivity contribution is 0.0773. The number of benzene rings is 2. The summed E-state index contributed by atoms with van der Waals surface area (Å²) in [6.07, 6.45) is 2.67. The Hall–Kier alpha value is -2.90. The minimum atomic E-state index is -1.07. The quantitative estimate of drug-likeness (QED) is 0.435. The highest BCUT2D eigenvalue weighted by Gasteiger charge is 2.27. The minimum Gasteiger partial charge on any atom is -0.465 e. The lowest BCUT2D eigenvalue weighted by Gasteiger charge is -2.40. The Morgan fingerprint density at radius 2 is 1.63 bits per heavy atom. The van der Waals surface area contributed by atoms with Crippen molar-refractivity contribution in [3.05, 3.63) is 65.2 Å². The smallest absolute Gasteiger partial charge is 0.409 e. The van der Waals surface area contributed by atoms with E-state index in [1.165, 1.54) is 19.3 Å². The average Bonchev–Trinajstić information content (AvgIpc) is 2.86. The molecule has 35 heavy (non-hydrogen) atoms. The number of rotatable bonds is 11. The van der Waals surface area contributed by atoms with Crippen LogP contribution in [0.15, 0.2) is 48.5 Å². The summed E-state index contributed by atoms with van der Waals surface area (Å²) in [6.45, 7) is 12.6. The molecule has 0 bridgehead atoms. The molecule has 2 aromatic carbocycles. The molecule has 0 radical (unpaired) electrons. The van der Waals surface area contributed by atoms with E-state index >= 15 is 0 Å². The number of carbonyl (C=O) groups is 2. The normalized spacial score (nSPS) is 15.5. The Kier molecular flexibility index (Phi) is 10.1. The van der Waals surface area contributed by atoms with Crippen molar-refractivity contribution in [1.29, 1.82) is 0 Å². The highest BCUT2D eigenvalue weighted by atomic mass is 16.4. The maximum Gasteiger partial charge on any atom is 0.409 e. The molecule has 7 heteroatoms. The molecule has 0 aromatic heterocycles. The van der Waals surface area contributed by atoms with Crippen molar-refractivity contribution in [3.8, 4) is 0 Å². The van der Waals surface area contributed by atoms with Crippen LogP contribution in [0, 0.1) is 0 Å². The van der Waals surface area contributed by atoms with Crippen LogP contribution in [0.25, 0.3) is 0 Å². The van der Waals surface area contributed by atoms with Crippen molar-refractivity contribution in [1.82, 2.24) is 14.7 Å². The van der Waals surface area contributed by atoms with Gasteiger partial charge in [-0.1, -0.05) is 44.0 Å². The molecule has 7 nitrogen and oxygen atoms in total. The van der Waals surface area contributed by atoms with Crippen molar-refractivity contribution in [2.45, 2.75) is 46.1 Å². The van der Waals surface area contributed by atoms with Gasteiger partial charge in [-0.25, -0.2) is 4.79 Å². The summed E-state index contributed by atoms with van der Waals surface area (Å²) in [7, 11) is 0. The van der Waals surface area contributed by atoms with Crippen molar-refractivity contribution >= 4 is 17.7 Å². The van der Waals surface area contributed by atoms with Gasteiger partial charge in [-0.15, -0.1) is 0 Å². The summed E-state index contributed by atoms with van der Waals surface area (Å²) in [6, 6.07) is 15.6. The van der Waals surface area contributed by atoms with Crippen molar-refractivity contribution in [3.63, 3.8) is 0 Å². The Morgan fingerprint density at radius 1 is 0.943 bits per heavy atom. The lowest BCUT2D eigenvalue weighted by Crippen LogP contribution is -2.48. The summed E-state index contributed by atoms with van der Waals surface area (Å²) in [5, 5.41) is 11.7. The van der Waals surface area contributed by atoms with Crippen molar-refractivity contribution < 1.29 is 14.7 Å². The topological polar surface area (TPSA) is 76.1 Å². The number of unbranched alkanes of at least 4 members (excludes halogenated alkanes) is 2. The Labute approximate surface area is 209 Å². The number of nitrogens with zero attached hydrogens (tertiary/aromatic N) is 3. The fourth-order valence-corrected chi connectivity index (χ4v) is 4.86. The molecule has 2 aromatic rings. The summed E-state index contributed by atoms with van der Waals surface area (Å²) in [4.78, 5) is 30.8. The van der Waals surface area contributed by atoms with Gasteiger partial charge in [-0.3, -0.25) is 15.0 Å². The number of nitrogens with one attached hydrogen (secondary N) is 1.